The molecule has 0 aliphatic rings. The zero-order valence-corrected chi connectivity index (χ0v) is 12.2. The quantitative estimate of drug-likeness (QED) is 0.921. The van der Waals surface area contributed by atoms with E-state index in [0.29, 0.717) is 16.6 Å². The normalized spacial score (nSPS) is 12.2. The Labute approximate surface area is 120 Å². The third kappa shape index (κ3) is 3.14. The van der Waals surface area contributed by atoms with Crippen LogP contribution in [0.2, 0.25) is 0 Å². The molecule has 0 saturated heterocycles. The smallest absolute Gasteiger partial charge is 0.142 e. The number of hydrogen-bond donors (Lipinski definition) is 1. The van der Waals surface area contributed by atoms with Gasteiger partial charge in [-0.25, -0.2) is 4.39 Å². The summed E-state index contributed by atoms with van der Waals surface area (Å²) in [6.07, 6.45) is 0. The highest BCUT2D eigenvalue weighted by Gasteiger charge is 2.15. The highest BCUT2D eigenvalue weighted by atomic mass is 79.9. The van der Waals surface area contributed by atoms with Crippen molar-refractivity contribution in [2.45, 2.75) is 13.0 Å². The minimum atomic E-state index is -0.516. The second kappa shape index (κ2) is 6.17. The van der Waals surface area contributed by atoms with E-state index in [0.717, 1.165) is 11.3 Å². The molecule has 2 aromatic carbocycles. The van der Waals surface area contributed by atoms with Crippen LogP contribution >= 0.6 is 15.9 Å². The maximum atomic E-state index is 14.0. The molecule has 0 bridgehead atoms. The fourth-order valence-electron chi connectivity index (χ4n) is 1.90. The summed E-state index contributed by atoms with van der Waals surface area (Å²) in [5.41, 5.74) is 7.42. The van der Waals surface area contributed by atoms with Crippen LogP contribution in [0.1, 0.15) is 24.1 Å². The summed E-state index contributed by atoms with van der Waals surface area (Å²) in [4.78, 5) is 0. The van der Waals surface area contributed by atoms with Crippen molar-refractivity contribution in [3.8, 4) is 5.75 Å². The summed E-state index contributed by atoms with van der Waals surface area (Å²) in [7, 11) is 0. The molecule has 0 spiro atoms. The lowest BCUT2D eigenvalue weighted by Gasteiger charge is -2.15. The molecule has 2 aromatic rings. The highest BCUT2D eigenvalue weighted by Crippen LogP contribution is 2.28. The summed E-state index contributed by atoms with van der Waals surface area (Å²) >= 11 is 3.17. The molecule has 100 valence electrons. The summed E-state index contributed by atoms with van der Waals surface area (Å²) < 4.78 is 19.9. The van der Waals surface area contributed by atoms with Crippen LogP contribution in [0.5, 0.6) is 5.75 Å². The van der Waals surface area contributed by atoms with E-state index >= 15 is 0 Å². The number of hydrogen-bond acceptors (Lipinski definition) is 2. The molecule has 1 unspecified atom stereocenters. The van der Waals surface area contributed by atoms with Crippen LogP contribution in [0.25, 0.3) is 0 Å². The zero-order chi connectivity index (χ0) is 13.8. The van der Waals surface area contributed by atoms with Gasteiger partial charge in [-0.1, -0.05) is 24.3 Å². The largest absolute Gasteiger partial charge is 0.494 e. The first-order valence-electron chi connectivity index (χ1n) is 6.05. The molecule has 0 heterocycles. The van der Waals surface area contributed by atoms with Crippen LogP contribution in [0.4, 0.5) is 4.39 Å². The second-order valence-electron chi connectivity index (χ2n) is 4.13. The van der Waals surface area contributed by atoms with Gasteiger partial charge in [-0.3, -0.25) is 0 Å². The van der Waals surface area contributed by atoms with Crippen molar-refractivity contribution in [2.75, 3.05) is 6.61 Å². The topological polar surface area (TPSA) is 35.2 Å². The van der Waals surface area contributed by atoms with Crippen molar-refractivity contribution < 1.29 is 9.13 Å². The van der Waals surface area contributed by atoms with Crippen LogP contribution < -0.4 is 10.5 Å². The molecule has 4 heteroatoms. The third-order valence-electron chi connectivity index (χ3n) is 2.84. The van der Waals surface area contributed by atoms with Crippen LogP contribution in [-0.2, 0) is 0 Å². The van der Waals surface area contributed by atoms with E-state index in [1.807, 2.05) is 31.2 Å². The van der Waals surface area contributed by atoms with Gasteiger partial charge in [0.1, 0.15) is 11.6 Å². The van der Waals surface area contributed by atoms with Gasteiger partial charge >= 0.3 is 0 Å². The lowest BCUT2D eigenvalue weighted by atomic mass is 9.99. The lowest BCUT2D eigenvalue weighted by Crippen LogP contribution is -2.14. The van der Waals surface area contributed by atoms with Crippen molar-refractivity contribution in [1.29, 1.82) is 0 Å². The van der Waals surface area contributed by atoms with E-state index in [2.05, 4.69) is 15.9 Å². The van der Waals surface area contributed by atoms with E-state index in [-0.39, 0.29) is 5.82 Å². The molecular weight excluding hydrogens is 309 g/mol. The van der Waals surface area contributed by atoms with Crippen LogP contribution in [0.3, 0.4) is 0 Å². The first kappa shape index (κ1) is 14.0. The predicted octanol–water partition coefficient (Wildman–Crippen LogP) is 4.04. The van der Waals surface area contributed by atoms with Crippen molar-refractivity contribution in [3.63, 3.8) is 0 Å². The van der Waals surface area contributed by atoms with Gasteiger partial charge < -0.3 is 10.5 Å². The van der Waals surface area contributed by atoms with Crippen molar-refractivity contribution in [3.05, 3.63) is 63.9 Å². The monoisotopic (exact) mass is 323 g/mol. The van der Waals surface area contributed by atoms with Gasteiger partial charge in [0.2, 0.25) is 0 Å². The summed E-state index contributed by atoms with van der Waals surface area (Å²) in [5.74, 6) is 0.419. The van der Waals surface area contributed by atoms with Crippen molar-refractivity contribution in [2.24, 2.45) is 5.73 Å². The van der Waals surface area contributed by atoms with Crippen molar-refractivity contribution >= 4 is 15.9 Å². The molecule has 0 fully saturated rings. The maximum absolute atomic E-state index is 14.0. The third-order valence-corrected chi connectivity index (χ3v) is 3.46. The molecular formula is C15H15BrFNO. The molecule has 0 aliphatic carbocycles. The molecule has 2 nitrogen and oxygen atoms in total. The van der Waals surface area contributed by atoms with Crippen LogP contribution in [-0.4, -0.2) is 6.61 Å². The SMILES string of the molecule is CCOc1cccc(C(N)c2cccc(Br)c2F)c1. The fourth-order valence-corrected chi connectivity index (χ4v) is 2.29. The van der Waals surface area contributed by atoms with Gasteiger partial charge in [-0.2, -0.15) is 0 Å². The summed E-state index contributed by atoms with van der Waals surface area (Å²) in [5, 5.41) is 0. The number of nitrogens with two attached hydrogens (primary N) is 1. The Kier molecular flexibility index (Phi) is 4.56. The molecule has 19 heavy (non-hydrogen) atoms. The molecule has 0 radical (unpaired) electrons. The van der Waals surface area contributed by atoms with Crippen LogP contribution in [0.15, 0.2) is 46.9 Å². The predicted molar refractivity (Wildman–Crippen MR) is 77.7 cm³/mol. The Morgan fingerprint density at radius 2 is 2.00 bits per heavy atom. The van der Waals surface area contributed by atoms with Gasteiger partial charge in [-0.05, 0) is 46.6 Å². The molecule has 1 atom stereocenters. The molecule has 2 rings (SSSR count). The van der Waals surface area contributed by atoms with Gasteiger partial charge in [0.15, 0.2) is 0 Å². The Morgan fingerprint density at radius 3 is 2.74 bits per heavy atom. The van der Waals surface area contributed by atoms with E-state index in [1.165, 1.54) is 0 Å². The molecule has 2 N–H and O–H groups in total. The zero-order valence-electron chi connectivity index (χ0n) is 10.6. The van der Waals surface area contributed by atoms with Gasteiger partial charge in [-0.15, -0.1) is 0 Å². The second-order valence-corrected chi connectivity index (χ2v) is 4.98. The van der Waals surface area contributed by atoms with E-state index in [4.69, 9.17) is 10.5 Å². The number of rotatable bonds is 4. The van der Waals surface area contributed by atoms with Crippen molar-refractivity contribution in [1.82, 2.24) is 0 Å². The number of ether oxygens (including phenoxy) is 1. The Bertz CT molecular complexity index is 574. The average molecular weight is 324 g/mol. The van der Waals surface area contributed by atoms with E-state index in [9.17, 15) is 4.39 Å². The minimum absolute atomic E-state index is 0.322. The highest BCUT2D eigenvalue weighted by molar-refractivity contribution is 9.10. The van der Waals surface area contributed by atoms with Gasteiger partial charge in [0.05, 0.1) is 17.1 Å². The summed E-state index contributed by atoms with van der Waals surface area (Å²) in [6.45, 7) is 2.50. The standard InChI is InChI=1S/C15H15BrFNO/c1-2-19-11-6-3-5-10(9-11)15(18)12-7-4-8-13(16)14(12)17/h3-9,15H,2,18H2,1H3. The number of halogens is 2. The molecule has 0 aliphatic heterocycles. The maximum Gasteiger partial charge on any atom is 0.142 e. The molecule has 0 amide bonds. The Hall–Kier alpha value is -1.39. The Balaban J connectivity index is 2.35. The van der Waals surface area contributed by atoms with E-state index < -0.39 is 6.04 Å². The van der Waals surface area contributed by atoms with Gasteiger partial charge in [0.25, 0.3) is 0 Å². The fraction of sp³-hybridized carbons (Fsp3) is 0.200. The first-order chi connectivity index (χ1) is 9.13. The van der Waals surface area contributed by atoms with E-state index in [1.54, 1.807) is 18.2 Å². The Morgan fingerprint density at radius 1 is 1.26 bits per heavy atom. The van der Waals surface area contributed by atoms with Crippen LogP contribution in [0, 0.1) is 5.82 Å². The average Bonchev–Trinajstić information content (AvgIpc) is 2.42. The summed E-state index contributed by atoms with van der Waals surface area (Å²) in [6, 6.07) is 12.0. The molecule has 0 aromatic heterocycles. The molecule has 0 saturated carbocycles. The van der Waals surface area contributed by atoms with Gasteiger partial charge in [0, 0.05) is 5.56 Å². The number of benzene rings is 2. The first-order valence-corrected chi connectivity index (χ1v) is 6.85. The lowest BCUT2D eigenvalue weighted by molar-refractivity contribution is 0.340. The minimum Gasteiger partial charge on any atom is -0.494 e.